The predicted octanol–water partition coefficient (Wildman–Crippen LogP) is 3.13. The zero-order valence-corrected chi connectivity index (χ0v) is 9.02. The summed E-state index contributed by atoms with van der Waals surface area (Å²) in [6, 6.07) is 5.64. The predicted molar refractivity (Wildman–Crippen MR) is 56.1 cm³/mol. The van der Waals surface area contributed by atoms with Crippen molar-refractivity contribution >= 4 is 11.6 Å². The third-order valence-electron chi connectivity index (χ3n) is 2.02. The standard InChI is InChI=1S/C11H15ClO/c1-11(2,3)10-8(7-13)5-4-6-9(10)12/h4-6,13H,7H2,1-3H3. The van der Waals surface area contributed by atoms with E-state index in [1.807, 2.05) is 18.2 Å². The van der Waals surface area contributed by atoms with Crippen LogP contribution in [0, 0.1) is 0 Å². The first-order valence-corrected chi connectivity index (χ1v) is 4.73. The Hall–Kier alpha value is -0.530. The Morgan fingerprint density at radius 1 is 1.31 bits per heavy atom. The van der Waals surface area contributed by atoms with Gasteiger partial charge in [0.25, 0.3) is 0 Å². The van der Waals surface area contributed by atoms with Crippen LogP contribution < -0.4 is 0 Å². The van der Waals surface area contributed by atoms with Crippen molar-refractivity contribution in [1.29, 1.82) is 0 Å². The van der Waals surface area contributed by atoms with E-state index in [4.69, 9.17) is 16.7 Å². The molecule has 0 saturated heterocycles. The van der Waals surface area contributed by atoms with Gasteiger partial charge in [-0.3, -0.25) is 0 Å². The molecule has 1 aromatic rings. The lowest BCUT2D eigenvalue weighted by Crippen LogP contribution is -2.15. The first-order valence-electron chi connectivity index (χ1n) is 4.35. The van der Waals surface area contributed by atoms with Gasteiger partial charge in [-0.05, 0) is 22.6 Å². The van der Waals surface area contributed by atoms with E-state index in [9.17, 15) is 0 Å². The van der Waals surface area contributed by atoms with Crippen LogP contribution in [0.15, 0.2) is 18.2 Å². The van der Waals surface area contributed by atoms with Gasteiger partial charge in [-0.15, -0.1) is 0 Å². The Morgan fingerprint density at radius 3 is 2.31 bits per heavy atom. The molecule has 0 bridgehead atoms. The average Bonchev–Trinajstić information content (AvgIpc) is 2.01. The molecule has 1 nitrogen and oxygen atoms in total. The molecule has 13 heavy (non-hydrogen) atoms. The van der Waals surface area contributed by atoms with Crippen LogP contribution in [0.2, 0.25) is 5.02 Å². The second-order valence-corrected chi connectivity index (χ2v) is 4.59. The first-order chi connectivity index (χ1) is 5.96. The minimum atomic E-state index is -0.0175. The van der Waals surface area contributed by atoms with Crippen LogP contribution in [0.3, 0.4) is 0 Å². The van der Waals surface area contributed by atoms with E-state index in [1.165, 1.54) is 0 Å². The van der Waals surface area contributed by atoms with Crippen molar-refractivity contribution in [3.05, 3.63) is 34.3 Å². The number of hydrogen-bond acceptors (Lipinski definition) is 1. The molecule has 0 radical (unpaired) electrons. The van der Waals surface area contributed by atoms with Crippen molar-refractivity contribution < 1.29 is 5.11 Å². The summed E-state index contributed by atoms with van der Waals surface area (Å²) in [6.45, 7) is 6.32. The van der Waals surface area contributed by atoms with Crippen molar-refractivity contribution in [3.63, 3.8) is 0 Å². The summed E-state index contributed by atoms with van der Waals surface area (Å²) in [7, 11) is 0. The quantitative estimate of drug-likeness (QED) is 0.735. The highest BCUT2D eigenvalue weighted by Crippen LogP contribution is 2.32. The molecule has 0 heterocycles. The second-order valence-electron chi connectivity index (χ2n) is 4.18. The summed E-state index contributed by atoms with van der Waals surface area (Å²) in [6.07, 6.45) is 0. The van der Waals surface area contributed by atoms with Gasteiger partial charge in [0.15, 0.2) is 0 Å². The van der Waals surface area contributed by atoms with Crippen LogP contribution in [-0.2, 0) is 12.0 Å². The fraction of sp³-hybridized carbons (Fsp3) is 0.455. The third-order valence-corrected chi connectivity index (χ3v) is 2.34. The molecule has 2 heteroatoms. The molecule has 0 aliphatic heterocycles. The molecular weight excluding hydrogens is 184 g/mol. The van der Waals surface area contributed by atoms with Gasteiger partial charge in [-0.1, -0.05) is 44.5 Å². The highest BCUT2D eigenvalue weighted by atomic mass is 35.5. The van der Waals surface area contributed by atoms with E-state index in [0.29, 0.717) is 0 Å². The van der Waals surface area contributed by atoms with Gasteiger partial charge in [-0.25, -0.2) is 0 Å². The van der Waals surface area contributed by atoms with Crippen molar-refractivity contribution in [2.45, 2.75) is 32.8 Å². The van der Waals surface area contributed by atoms with Crippen LogP contribution in [0.1, 0.15) is 31.9 Å². The van der Waals surface area contributed by atoms with E-state index >= 15 is 0 Å². The summed E-state index contributed by atoms with van der Waals surface area (Å²) in [5.41, 5.74) is 1.94. The summed E-state index contributed by atoms with van der Waals surface area (Å²) < 4.78 is 0. The van der Waals surface area contributed by atoms with Crippen molar-refractivity contribution in [2.24, 2.45) is 0 Å². The maximum absolute atomic E-state index is 9.15. The summed E-state index contributed by atoms with van der Waals surface area (Å²) in [5.74, 6) is 0. The van der Waals surface area contributed by atoms with Gasteiger partial charge < -0.3 is 5.11 Å². The number of aliphatic hydroxyl groups is 1. The molecule has 0 unspecified atom stereocenters. The van der Waals surface area contributed by atoms with E-state index < -0.39 is 0 Å². The van der Waals surface area contributed by atoms with Gasteiger partial charge in [0, 0.05) is 5.02 Å². The minimum Gasteiger partial charge on any atom is -0.392 e. The molecule has 0 saturated carbocycles. The molecule has 0 amide bonds. The first kappa shape index (κ1) is 10.6. The van der Waals surface area contributed by atoms with Crippen molar-refractivity contribution in [1.82, 2.24) is 0 Å². The fourth-order valence-electron chi connectivity index (χ4n) is 1.54. The average molecular weight is 199 g/mol. The van der Waals surface area contributed by atoms with Gasteiger partial charge in [0.2, 0.25) is 0 Å². The number of halogens is 1. The van der Waals surface area contributed by atoms with Gasteiger partial charge >= 0.3 is 0 Å². The summed E-state index contributed by atoms with van der Waals surface area (Å²) in [4.78, 5) is 0. The SMILES string of the molecule is CC(C)(C)c1c(Cl)cccc1CO. The summed E-state index contributed by atoms with van der Waals surface area (Å²) >= 11 is 6.08. The number of benzene rings is 1. The van der Waals surface area contributed by atoms with Crippen LogP contribution in [0.25, 0.3) is 0 Å². The lowest BCUT2D eigenvalue weighted by molar-refractivity contribution is 0.278. The molecule has 0 atom stereocenters. The molecule has 0 spiro atoms. The fourth-order valence-corrected chi connectivity index (χ4v) is 2.02. The Kier molecular flexibility index (Phi) is 2.99. The Morgan fingerprint density at radius 2 is 1.92 bits per heavy atom. The Labute approximate surface area is 84.4 Å². The van der Waals surface area contributed by atoms with E-state index in [-0.39, 0.29) is 12.0 Å². The number of hydrogen-bond donors (Lipinski definition) is 1. The minimum absolute atomic E-state index is 0.0175. The van der Waals surface area contributed by atoms with Crippen LogP contribution >= 0.6 is 11.6 Å². The molecule has 1 rings (SSSR count). The van der Waals surface area contributed by atoms with E-state index in [1.54, 1.807) is 0 Å². The van der Waals surface area contributed by atoms with Crippen LogP contribution in [-0.4, -0.2) is 5.11 Å². The number of aliphatic hydroxyl groups excluding tert-OH is 1. The normalized spacial score (nSPS) is 11.8. The van der Waals surface area contributed by atoms with Crippen molar-refractivity contribution in [3.8, 4) is 0 Å². The molecular formula is C11H15ClO. The molecule has 0 aliphatic carbocycles. The Balaban J connectivity index is 3.32. The molecule has 0 aromatic heterocycles. The van der Waals surface area contributed by atoms with E-state index in [0.717, 1.165) is 16.1 Å². The zero-order chi connectivity index (χ0) is 10.1. The third kappa shape index (κ3) is 2.23. The Bertz CT molecular complexity index is 299. The van der Waals surface area contributed by atoms with Gasteiger partial charge in [-0.2, -0.15) is 0 Å². The highest BCUT2D eigenvalue weighted by Gasteiger charge is 2.20. The molecule has 1 aromatic carbocycles. The second kappa shape index (κ2) is 3.69. The highest BCUT2D eigenvalue weighted by molar-refractivity contribution is 6.31. The topological polar surface area (TPSA) is 20.2 Å². The van der Waals surface area contributed by atoms with Gasteiger partial charge in [0.1, 0.15) is 0 Å². The summed E-state index contributed by atoms with van der Waals surface area (Å²) in [5, 5.41) is 9.88. The van der Waals surface area contributed by atoms with Gasteiger partial charge in [0.05, 0.1) is 6.61 Å². The molecule has 0 fully saturated rings. The maximum atomic E-state index is 9.15. The van der Waals surface area contributed by atoms with Crippen LogP contribution in [0.5, 0.6) is 0 Å². The maximum Gasteiger partial charge on any atom is 0.0685 e. The molecule has 1 N–H and O–H groups in total. The van der Waals surface area contributed by atoms with Crippen molar-refractivity contribution in [2.75, 3.05) is 0 Å². The monoisotopic (exact) mass is 198 g/mol. The molecule has 0 aliphatic rings. The zero-order valence-electron chi connectivity index (χ0n) is 8.26. The number of rotatable bonds is 1. The lowest BCUT2D eigenvalue weighted by Gasteiger charge is -2.23. The van der Waals surface area contributed by atoms with Crippen LogP contribution in [0.4, 0.5) is 0 Å². The lowest BCUT2D eigenvalue weighted by atomic mass is 9.84. The smallest absolute Gasteiger partial charge is 0.0685 e. The molecule has 72 valence electrons. The van der Waals surface area contributed by atoms with E-state index in [2.05, 4.69) is 20.8 Å². The largest absolute Gasteiger partial charge is 0.392 e.